The Morgan fingerprint density at radius 3 is 3.07 bits per heavy atom. The molecule has 148 valence electrons. The van der Waals surface area contributed by atoms with E-state index in [1.807, 2.05) is 6.07 Å². The Balaban J connectivity index is 1.46. The summed E-state index contributed by atoms with van der Waals surface area (Å²) in [6.45, 7) is 4.53. The molecule has 0 radical (unpaired) electrons. The molecule has 3 aromatic heterocycles. The van der Waals surface area contributed by atoms with Crippen LogP contribution < -0.4 is 10.2 Å². The first-order valence-corrected chi connectivity index (χ1v) is 9.68. The number of morpholine rings is 1. The van der Waals surface area contributed by atoms with Crippen LogP contribution in [0.2, 0.25) is 5.28 Å². The highest BCUT2D eigenvalue weighted by Crippen LogP contribution is 2.29. The molecule has 10 heteroatoms. The van der Waals surface area contributed by atoms with Gasteiger partial charge in [0, 0.05) is 24.5 Å². The van der Waals surface area contributed by atoms with E-state index in [-0.39, 0.29) is 5.28 Å². The molecule has 1 aliphatic heterocycles. The lowest BCUT2D eigenvalue weighted by Crippen LogP contribution is -2.43. The predicted octanol–water partition coefficient (Wildman–Crippen LogP) is 3.37. The topological polar surface area (TPSA) is 108 Å². The van der Waals surface area contributed by atoms with Crippen LogP contribution in [0.3, 0.4) is 0 Å². The number of nitrogens with one attached hydrogen (secondary N) is 3. The Hall–Kier alpha value is -3.17. The van der Waals surface area contributed by atoms with E-state index in [2.05, 4.69) is 54.4 Å². The summed E-state index contributed by atoms with van der Waals surface area (Å²) in [6, 6.07) is 8.33. The molecule has 0 amide bonds. The van der Waals surface area contributed by atoms with Gasteiger partial charge in [0.15, 0.2) is 5.82 Å². The van der Waals surface area contributed by atoms with Crippen LogP contribution in [0, 0.1) is 0 Å². The highest BCUT2D eigenvalue weighted by Gasteiger charge is 2.20. The molecule has 9 nitrogen and oxygen atoms in total. The van der Waals surface area contributed by atoms with Crippen LogP contribution in [0.25, 0.3) is 22.6 Å². The number of ether oxygens (including phenoxy) is 1. The van der Waals surface area contributed by atoms with Crippen molar-refractivity contribution >= 4 is 39.8 Å². The Kier molecular flexibility index (Phi) is 4.53. The molecule has 3 N–H and O–H groups in total. The molecule has 0 saturated carbocycles. The lowest BCUT2D eigenvalue weighted by molar-refractivity contribution is 0.0989. The summed E-state index contributed by atoms with van der Waals surface area (Å²) < 4.78 is 5.55. The van der Waals surface area contributed by atoms with Crippen LogP contribution >= 0.6 is 11.6 Å². The summed E-state index contributed by atoms with van der Waals surface area (Å²) in [5.41, 5.74) is 4.47. The van der Waals surface area contributed by atoms with E-state index < -0.39 is 0 Å². The van der Waals surface area contributed by atoms with Crippen molar-refractivity contribution in [3.05, 3.63) is 41.9 Å². The van der Waals surface area contributed by atoms with Gasteiger partial charge in [-0.05, 0) is 42.8 Å². The van der Waals surface area contributed by atoms with Gasteiger partial charge in [-0.2, -0.15) is 5.10 Å². The van der Waals surface area contributed by atoms with Gasteiger partial charge in [0.05, 0.1) is 36.1 Å². The fraction of sp³-hybridized carbons (Fsp3) is 0.263. The van der Waals surface area contributed by atoms with Crippen molar-refractivity contribution in [2.75, 3.05) is 30.0 Å². The van der Waals surface area contributed by atoms with Gasteiger partial charge in [0.1, 0.15) is 11.5 Å². The average Bonchev–Trinajstić information content (AvgIpc) is 3.34. The number of hydrogen-bond donors (Lipinski definition) is 3. The molecule has 0 bridgehead atoms. The molecule has 1 aliphatic rings. The molecule has 0 aliphatic carbocycles. The minimum absolute atomic E-state index is 0.175. The van der Waals surface area contributed by atoms with Gasteiger partial charge in [0.25, 0.3) is 0 Å². The zero-order valence-corrected chi connectivity index (χ0v) is 16.4. The third kappa shape index (κ3) is 3.50. The third-order valence-corrected chi connectivity index (χ3v) is 5.11. The number of H-pyrrole nitrogens is 2. The quantitative estimate of drug-likeness (QED) is 0.442. The summed E-state index contributed by atoms with van der Waals surface area (Å²) in [5.74, 6) is 1.26. The van der Waals surface area contributed by atoms with Crippen molar-refractivity contribution in [3.63, 3.8) is 0 Å². The maximum absolute atomic E-state index is 5.87. The SMILES string of the molecule is C[C@H]1COCCN1c1ccc2nc(-c3[nH]ncc3Nc3ccnc(Cl)n3)[nH]c2c1. The molecule has 1 atom stereocenters. The van der Waals surface area contributed by atoms with E-state index in [0.717, 1.165) is 47.9 Å². The second-order valence-electron chi connectivity index (χ2n) is 6.90. The fourth-order valence-corrected chi connectivity index (χ4v) is 3.66. The van der Waals surface area contributed by atoms with E-state index >= 15 is 0 Å². The molecule has 1 saturated heterocycles. The van der Waals surface area contributed by atoms with Gasteiger partial charge < -0.3 is 19.9 Å². The van der Waals surface area contributed by atoms with Crippen molar-refractivity contribution in [1.29, 1.82) is 0 Å². The second-order valence-corrected chi connectivity index (χ2v) is 7.24. The monoisotopic (exact) mass is 410 g/mol. The maximum Gasteiger partial charge on any atom is 0.224 e. The van der Waals surface area contributed by atoms with Crippen LogP contribution in [0.5, 0.6) is 0 Å². The lowest BCUT2D eigenvalue weighted by atomic mass is 10.2. The standard InChI is InChI=1S/C19H19ClN8O/c1-11-10-29-7-6-28(11)12-2-3-13-14(8-12)25-18(24-13)17-15(9-22-27-17)23-16-4-5-21-19(20)26-16/h2-5,8-9,11H,6-7,10H2,1H3,(H,22,27)(H,24,25)(H,21,23,26)/t11-/m0/s1. The number of benzene rings is 1. The van der Waals surface area contributed by atoms with Crippen molar-refractivity contribution in [2.24, 2.45) is 0 Å². The molecule has 1 aromatic carbocycles. The Morgan fingerprint density at radius 2 is 2.21 bits per heavy atom. The molecule has 0 spiro atoms. The normalized spacial score (nSPS) is 17.0. The minimum Gasteiger partial charge on any atom is -0.377 e. The van der Waals surface area contributed by atoms with E-state index in [1.54, 1.807) is 18.5 Å². The number of aromatic nitrogens is 6. The minimum atomic E-state index is 0.175. The third-order valence-electron chi connectivity index (χ3n) is 4.93. The molecule has 4 heterocycles. The summed E-state index contributed by atoms with van der Waals surface area (Å²) in [4.78, 5) is 18.5. The lowest BCUT2D eigenvalue weighted by Gasteiger charge is -2.35. The Morgan fingerprint density at radius 1 is 1.28 bits per heavy atom. The van der Waals surface area contributed by atoms with Gasteiger partial charge in [-0.25, -0.2) is 15.0 Å². The van der Waals surface area contributed by atoms with E-state index in [0.29, 0.717) is 17.7 Å². The first-order chi connectivity index (χ1) is 14.2. The van der Waals surface area contributed by atoms with Crippen LogP contribution in [0.1, 0.15) is 6.92 Å². The van der Waals surface area contributed by atoms with Crippen LogP contribution in [0.15, 0.2) is 36.7 Å². The van der Waals surface area contributed by atoms with Crippen molar-refractivity contribution < 1.29 is 4.74 Å². The molecular formula is C19H19ClN8O. The Labute approximate surface area is 171 Å². The van der Waals surface area contributed by atoms with Gasteiger partial charge in [-0.3, -0.25) is 5.10 Å². The summed E-state index contributed by atoms with van der Waals surface area (Å²) in [7, 11) is 0. The Bertz CT molecular complexity index is 1160. The molecule has 29 heavy (non-hydrogen) atoms. The van der Waals surface area contributed by atoms with Crippen LogP contribution in [-0.2, 0) is 4.74 Å². The highest BCUT2D eigenvalue weighted by atomic mass is 35.5. The summed E-state index contributed by atoms with van der Waals surface area (Å²) >= 11 is 5.87. The average molecular weight is 411 g/mol. The van der Waals surface area contributed by atoms with Crippen LogP contribution in [-0.4, -0.2) is 55.9 Å². The molecule has 5 rings (SSSR count). The number of anilines is 3. The van der Waals surface area contributed by atoms with E-state index in [9.17, 15) is 0 Å². The molecule has 4 aromatic rings. The van der Waals surface area contributed by atoms with E-state index in [1.165, 1.54) is 0 Å². The number of fused-ring (bicyclic) bond motifs is 1. The number of imidazole rings is 1. The van der Waals surface area contributed by atoms with Gasteiger partial charge in [-0.15, -0.1) is 0 Å². The number of hydrogen-bond acceptors (Lipinski definition) is 7. The number of rotatable bonds is 4. The predicted molar refractivity (Wildman–Crippen MR) is 112 cm³/mol. The molecule has 0 unspecified atom stereocenters. The number of nitrogens with zero attached hydrogens (tertiary/aromatic N) is 5. The van der Waals surface area contributed by atoms with Crippen molar-refractivity contribution in [2.45, 2.75) is 13.0 Å². The number of halogens is 1. The first kappa shape index (κ1) is 17.9. The zero-order valence-electron chi connectivity index (χ0n) is 15.7. The number of aromatic amines is 2. The van der Waals surface area contributed by atoms with Gasteiger partial charge >= 0.3 is 0 Å². The summed E-state index contributed by atoms with van der Waals surface area (Å²) in [5, 5.41) is 10.5. The maximum atomic E-state index is 5.87. The van der Waals surface area contributed by atoms with E-state index in [4.69, 9.17) is 21.3 Å². The second kappa shape index (κ2) is 7.34. The molecule has 1 fully saturated rings. The largest absolute Gasteiger partial charge is 0.377 e. The molecular weight excluding hydrogens is 392 g/mol. The van der Waals surface area contributed by atoms with Crippen molar-refractivity contribution in [1.82, 2.24) is 30.1 Å². The smallest absolute Gasteiger partial charge is 0.224 e. The first-order valence-electron chi connectivity index (χ1n) is 9.31. The van der Waals surface area contributed by atoms with Gasteiger partial charge in [0.2, 0.25) is 5.28 Å². The van der Waals surface area contributed by atoms with Gasteiger partial charge in [-0.1, -0.05) is 0 Å². The summed E-state index contributed by atoms with van der Waals surface area (Å²) in [6.07, 6.45) is 3.27. The zero-order chi connectivity index (χ0) is 19.8. The fourth-order valence-electron chi connectivity index (χ4n) is 3.51. The van der Waals surface area contributed by atoms with Crippen LogP contribution in [0.4, 0.5) is 17.2 Å². The van der Waals surface area contributed by atoms with Crippen molar-refractivity contribution in [3.8, 4) is 11.5 Å². The highest BCUT2D eigenvalue weighted by molar-refractivity contribution is 6.28.